The number of benzene rings is 1. The third-order valence-corrected chi connectivity index (χ3v) is 6.86. The summed E-state index contributed by atoms with van der Waals surface area (Å²) in [6, 6.07) is 8.26. The summed E-state index contributed by atoms with van der Waals surface area (Å²) in [4.78, 5) is 29.3. The number of esters is 1. The number of amides is 1. The first-order chi connectivity index (χ1) is 14.4. The average molecular weight is 454 g/mol. The van der Waals surface area contributed by atoms with E-state index in [0.717, 1.165) is 0 Å². The Hall–Kier alpha value is -1.97. The number of piperidine rings is 1. The molecule has 0 bridgehead atoms. The number of carbonyl (C=O) groups is 2. The summed E-state index contributed by atoms with van der Waals surface area (Å²) in [7, 11) is 0.123. The first kappa shape index (κ1) is 25.3. The van der Waals surface area contributed by atoms with E-state index in [2.05, 4.69) is 0 Å². The Balaban J connectivity index is 2.14. The number of likely N-dealkylation sites (N-methyl/N-ethyl adjacent to an activating group) is 1. The lowest BCUT2D eigenvalue weighted by Gasteiger charge is -2.34. The highest BCUT2D eigenvalue weighted by atomic mass is 32.2. The topological polar surface area (TPSA) is 87.2 Å². The van der Waals surface area contributed by atoms with Gasteiger partial charge in [-0.15, -0.1) is 0 Å². The molecule has 1 heterocycles. The van der Waals surface area contributed by atoms with Crippen LogP contribution in [0.5, 0.6) is 0 Å². The zero-order valence-electron chi connectivity index (χ0n) is 19.2. The summed E-state index contributed by atoms with van der Waals surface area (Å²) in [6.45, 7) is 6.65. The predicted octanol–water partition coefficient (Wildman–Crippen LogP) is 1.82. The smallest absolute Gasteiger partial charge is 0.326 e. The SMILES string of the molecule is CN(C)CCN(CC(=O)OC(C)(C)C)C(=O)[C@H]1CCCN(S(=O)(=O)c2ccccc2)C1. The summed E-state index contributed by atoms with van der Waals surface area (Å²) in [5.41, 5.74) is -0.640. The molecule has 1 saturated heterocycles. The maximum absolute atomic E-state index is 13.3. The predicted molar refractivity (Wildman–Crippen MR) is 119 cm³/mol. The normalized spacial score (nSPS) is 18.1. The molecule has 1 atom stereocenters. The minimum absolute atomic E-state index is 0.114. The number of rotatable bonds is 8. The van der Waals surface area contributed by atoms with Crippen LogP contribution >= 0.6 is 0 Å². The molecule has 1 fully saturated rings. The number of hydrogen-bond donors (Lipinski definition) is 0. The van der Waals surface area contributed by atoms with Crippen LogP contribution in [0.25, 0.3) is 0 Å². The highest BCUT2D eigenvalue weighted by molar-refractivity contribution is 7.89. The van der Waals surface area contributed by atoms with Gasteiger partial charge in [0.1, 0.15) is 12.1 Å². The molecule has 0 aliphatic carbocycles. The van der Waals surface area contributed by atoms with Crippen molar-refractivity contribution in [2.24, 2.45) is 5.92 Å². The van der Waals surface area contributed by atoms with E-state index in [9.17, 15) is 18.0 Å². The van der Waals surface area contributed by atoms with Gasteiger partial charge in [0.05, 0.1) is 10.8 Å². The molecule has 0 unspecified atom stereocenters. The quantitative estimate of drug-likeness (QED) is 0.558. The summed E-state index contributed by atoms with van der Waals surface area (Å²) in [5.74, 6) is -1.17. The Morgan fingerprint density at radius 1 is 1.13 bits per heavy atom. The van der Waals surface area contributed by atoms with Crippen molar-refractivity contribution in [3.8, 4) is 0 Å². The summed E-state index contributed by atoms with van der Waals surface area (Å²) in [5, 5.41) is 0. The lowest BCUT2D eigenvalue weighted by Crippen LogP contribution is -2.49. The molecule has 1 aromatic carbocycles. The largest absolute Gasteiger partial charge is 0.459 e. The summed E-state index contributed by atoms with van der Waals surface area (Å²) < 4.78 is 32.8. The van der Waals surface area contributed by atoms with Crippen molar-refractivity contribution in [3.05, 3.63) is 30.3 Å². The van der Waals surface area contributed by atoms with E-state index in [0.29, 0.717) is 32.5 Å². The van der Waals surface area contributed by atoms with Gasteiger partial charge in [-0.2, -0.15) is 4.31 Å². The Labute approximate surface area is 186 Å². The maximum Gasteiger partial charge on any atom is 0.326 e. The zero-order valence-corrected chi connectivity index (χ0v) is 20.0. The van der Waals surface area contributed by atoms with E-state index in [1.165, 1.54) is 9.21 Å². The Morgan fingerprint density at radius 3 is 2.35 bits per heavy atom. The van der Waals surface area contributed by atoms with Crippen molar-refractivity contribution in [2.45, 2.75) is 44.1 Å². The van der Waals surface area contributed by atoms with Gasteiger partial charge in [0.15, 0.2) is 0 Å². The second-order valence-electron chi connectivity index (χ2n) is 9.16. The molecular formula is C22H35N3O5S. The number of carbonyl (C=O) groups excluding carboxylic acids is 2. The van der Waals surface area contributed by atoms with E-state index in [1.54, 1.807) is 51.1 Å². The van der Waals surface area contributed by atoms with Gasteiger partial charge in [0, 0.05) is 26.2 Å². The van der Waals surface area contributed by atoms with Crippen LogP contribution in [0, 0.1) is 5.92 Å². The van der Waals surface area contributed by atoms with Crippen molar-refractivity contribution in [2.75, 3.05) is 46.8 Å². The molecule has 0 N–H and O–H groups in total. The van der Waals surface area contributed by atoms with Gasteiger partial charge in [-0.05, 0) is 59.8 Å². The lowest BCUT2D eigenvalue weighted by molar-refractivity contribution is -0.160. The van der Waals surface area contributed by atoms with Crippen LogP contribution in [-0.4, -0.2) is 86.8 Å². The van der Waals surface area contributed by atoms with Crippen molar-refractivity contribution in [1.29, 1.82) is 0 Å². The van der Waals surface area contributed by atoms with Gasteiger partial charge in [0.2, 0.25) is 15.9 Å². The molecule has 174 valence electrons. The minimum atomic E-state index is -3.66. The van der Waals surface area contributed by atoms with E-state index < -0.39 is 27.5 Å². The maximum atomic E-state index is 13.3. The monoisotopic (exact) mass is 453 g/mol. The van der Waals surface area contributed by atoms with Crippen LogP contribution in [0.1, 0.15) is 33.6 Å². The lowest BCUT2D eigenvalue weighted by atomic mass is 9.98. The molecule has 9 heteroatoms. The standard InChI is InChI=1S/C22H35N3O5S/c1-22(2,3)30-20(26)17-24(15-14-23(4)5)21(27)18-10-9-13-25(16-18)31(28,29)19-11-7-6-8-12-19/h6-8,11-12,18H,9-10,13-17H2,1-5H3/t18-/m0/s1. The second-order valence-corrected chi connectivity index (χ2v) is 11.1. The first-order valence-electron chi connectivity index (χ1n) is 10.6. The molecule has 0 spiro atoms. The first-order valence-corrected chi connectivity index (χ1v) is 12.0. The van der Waals surface area contributed by atoms with Gasteiger partial charge in [0.25, 0.3) is 0 Å². The van der Waals surface area contributed by atoms with Gasteiger partial charge >= 0.3 is 5.97 Å². The van der Waals surface area contributed by atoms with Crippen LogP contribution < -0.4 is 0 Å². The van der Waals surface area contributed by atoms with Crippen LogP contribution in [-0.2, 0) is 24.3 Å². The molecule has 1 amide bonds. The average Bonchev–Trinajstić information content (AvgIpc) is 2.70. The Bertz CT molecular complexity index is 850. The second kappa shape index (κ2) is 10.6. The van der Waals surface area contributed by atoms with E-state index in [4.69, 9.17) is 4.74 Å². The number of hydrogen-bond acceptors (Lipinski definition) is 6. The Morgan fingerprint density at radius 2 is 1.77 bits per heavy atom. The molecule has 1 aliphatic rings. The molecule has 1 aliphatic heterocycles. The number of ether oxygens (including phenoxy) is 1. The molecule has 1 aromatic rings. The van der Waals surface area contributed by atoms with E-state index in [-0.39, 0.29) is 23.9 Å². The van der Waals surface area contributed by atoms with Gasteiger partial charge in [-0.3, -0.25) is 9.59 Å². The minimum Gasteiger partial charge on any atom is -0.459 e. The van der Waals surface area contributed by atoms with Crippen molar-refractivity contribution >= 4 is 21.9 Å². The molecule has 31 heavy (non-hydrogen) atoms. The fraction of sp³-hybridized carbons (Fsp3) is 0.636. The van der Waals surface area contributed by atoms with E-state index >= 15 is 0 Å². The van der Waals surface area contributed by atoms with Crippen LogP contribution in [0.4, 0.5) is 0 Å². The van der Waals surface area contributed by atoms with Crippen LogP contribution in [0.15, 0.2) is 35.2 Å². The van der Waals surface area contributed by atoms with Gasteiger partial charge in [-0.25, -0.2) is 8.42 Å². The van der Waals surface area contributed by atoms with Crippen molar-refractivity contribution in [3.63, 3.8) is 0 Å². The molecule has 0 radical (unpaired) electrons. The van der Waals surface area contributed by atoms with Crippen LogP contribution in [0.2, 0.25) is 0 Å². The summed E-state index contributed by atoms with van der Waals surface area (Å²) >= 11 is 0. The molecule has 8 nitrogen and oxygen atoms in total. The Kier molecular flexibility index (Phi) is 8.62. The fourth-order valence-corrected chi connectivity index (χ4v) is 5.02. The van der Waals surface area contributed by atoms with Gasteiger partial charge < -0.3 is 14.5 Å². The van der Waals surface area contributed by atoms with Crippen molar-refractivity contribution in [1.82, 2.24) is 14.1 Å². The van der Waals surface area contributed by atoms with E-state index in [1.807, 2.05) is 19.0 Å². The zero-order chi connectivity index (χ0) is 23.2. The number of sulfonamides is 1. The fourth-order valence-electron chi connectivity index (χ4n) is 3.48. The molecular weight excluding hydrogens is 418 g/mol. The van der Waals surface area contributed by atoms with Gasteiger partial charge in [-0.1, -0.05) is 18.2 Å². The molecule has 2 rings (SSSR count). The molecule has 0 saturated carbocycles. The highest BCUT2D eigenvalue weighted by Gasteiger charge is 2.35. The third kappa shape index (κ3) is 7.59. The van der Waals surface area contributed by atoms with Crippen LogP contribution in [0.3, 0.4) is 0 Å². The van der Waals surface area contributed by atoms with Crippen molar-refractivity contribution < 1.29 is 22.7 Å². The highest BCUT2D eigenvalue weighted by Crippen LogP contribution is 2.25. The summed E-state index contributed by atoms with van der Waals surface area (Å²) in [6.07, 6.45) is 1.18. The molecule has 0 aromatic heterocycles. The number of nitrogens with zero attached hydrogens (tertiary/aromatic N) is 3. The third-order valence-electron chi connectivity index (χ3n) is 4.98.